The van der Waals surface area contributed by atoms with Crippen molar-refractivity contribution in [1.82, 2.24) is 0 Å². The van der Waals surface area contributed by atoms with Crippen LogP contribution in [0.15, 0.2) is 40.5 Å². The monoisotopic (exact) mass is 466 g/mol. The summed E-state index contributed by atoms with van der Waals surface area (Å²) in [5, 5.41) is 10.9. The van der Waals surface area contributed by atoms with Crippen LogP contribution in [0.25, 0.3) is 0 Å². The SMILES string of the molecule is CCC[CH2][Sn](/[CH]=C/[C@@H](CC)[C@H](O)c1ccccc1)([CH2]CCC)[CH2]CCC. The maximum atomic E-state index is 10.9. The van der Waals surface area contributed by atoms with Gasteiger partial charge in [0.15, 0.2) is 0 Å². The Balaban J connectivity index is 2.98. The van der Waals surface area contributed by atoms with E-state index in [1.807, 2.05) is 18.2 Å². The van der Waals surface area contributed by atoms with E-state index < -0.39 is 18.4 Å². The van der Waals surface area contributed by atoms with Gasteiger partial charge in [-0.15, -0.1) is 0 Å². The molecule has 2 heteroatoms. The molecule has 1 nitrogen and oxygen atoms in total. The third kappa shape index (κ3) is 8.17. The molecule has 0 bridgehead atoms. The Morgan fingerprint density at radius 2 is 1.35 bits per heavy atom. The zero-order valence-electron chi connectivity index (χ0n) is 17.7. The standard InChI is InChI=1S/C12H15O.3C4H9.Sn/c1-3-10(4-2)12(13)11-8-6-5-7-9-11;3*1-3-4-2;/h1,3,5-10,12-13H,4H2,2H3;3*1,3-4H2,2H3;/t10-,12-;;;;/m0..../s1. The Labute approximate surface area is 167 Å². The molecule has 2 atom stereocenters. The van der Waals surface area contributed by atoms with Gasteiger partial charge in [0.25, 0.3) is 0 Å². The normalized spacial score (nSPS) is 14.7. The van der Waals surface area contributed by atoms with Crippen LogP contribution in [0.4, 0.5) is 0 Å². The minimum absolute atomic E-state index is 0.248. The molecule has 1 rings (SSSR count). The van der Waals surface area contributed by atoms with E-state index in [0.29, 0.717) is 0 Å². The molecule has 0 saturated heterocycles. The molecule has 0 fully saturated rings. The van der Waals surface area contributed by atoms with Gasteiger partial charge in [-0.1, -0.05) is 0 Å². The Bertz CT molecular complexity index is 460. The van der Waals surface area contributed by atoms with Gasteiger partial charge in [0, 0.05) is 0 Å². The fraction of sp³-hybridized carbons (Fsp3) is 0.667. The molecule has 1 N–H and O–H groups in total. The quantitative estimate of drug-likeness (QED) is 0.279. The number of rotatable bonds is 14. The third-order valence-corrected chi connectivity index (χ3v) is 19.9. The van der Waals surface area contributed by atoms with Crippen molar-refractivity contribution >= 4 is 18.4 Å². The molecular formula is C24H42OSn. The first-order chi connectivity index (χ1) is 12.6. The second kappa shape index (κ2) is 13.8. The topological polar surface area (TPSA) is 20.2 Å². The summed E-state index contributed by atoms with van der Waals surface area (Å²) in [7, 11) is 0. The molecule has 0 saturated carbocycles. The van der Waals surface area contributed by atoms with E-state index in [1.54, 1.807) is 0 Å². The predicted octanol–water partition coefficient (Wildman–Crippen LogP) is 7.69. The average molecular weight is 465 g/mol. The van der Waals surface area contributed by atoms with E-state index in [0.717, 1.165) is 12.0 Å². The van der Waals surface area contributed by atoms with Crippen molar-refractivity contribution < 1.29 is 5.11 Å². The molecule has 148 valence electrons. The Kier molecular flexibility index (Phi) is 12.6. The summed E-state index contributed by atoms with van der Waals surface area (Å²) in [4.78, 5) is 0. The summed E-state index contributed by atoms with van der Waals surface area (Å²) >= 11 is -2.25. The number of hydrogen-bond donors (Lipinski definition) is 1. The summed E-state index contributed by atoms with van der Waals surface area (Å²) in [6, 6.07) is 10.2. The van der Waals surface area contributed by atoms with E-state index in [4.69, 9.17) is 0 Å². The molecule has 0 heterocycles. The summed E-state index contributed by atoms with van der Waals surface area (Å²) in [5.41, 5.74) is 1.06. The van der Waals surface area contributed by atoms with Crippen LogP contribution in [0, 0.1) is 5.92 Å². The number of hydrogen-bond acceptors (Lipinski definition) is 1. The van der Waals surface area contributed by atoms with Crippen LogP contribution in [0.5, 0.6) is 0 Å². The van der Waals surface area contributed by atoms with Gasteiger partial charge in [0.05, 0.1) is 0 Å². The zero-order valence-corrected chi connectivity index (χ0v) is 20.6. The van der Waals surface area contributed by atoms with Gasteiger partial charge in [-0.2, -0.15) is 0 Å². The number of aliphatic hydroxyl groups is 1. The van der Waals surface area contributed by atoms with Crippen LogP contribution in [-0.2, 0) is 0 Å². The fourth-order valence-corrected chi connectivity index (χ4v) is 18.4. The molecule has 0 aromatic heterocycles. The summed E-state index contributed by atoms with van der Waals surface area (Å²) in [6.45, 7) is 9.19. The Hall–Kier alpha value is -0.281. The molecule has 26 heavy (non-hydrogen) atoms. The molecular weight excluding hydrogens is 423 g/mol. The first-order valence-corrected chi connectivity index (χ1v) is 18.7. The van der Waals surface area contributed by atoms with Crippen molar-refractivity contribution in [3.8, 4) is 0 Å². The van der Waals surface area contributed by atoms with E-state index in [-0.39, 0.29) is 12.0 Å². The predicted molar refractivity (Wildman–Crippen MR) is 119 cm³/mol. The van der Waals surface area contributed by atoms with E-state index >= 15 is 0 Å². The fourth-order valence-electron chi connectivity index (χ4n) is 3.90. The van der Waals surface area contributed by atoms with Gasteiger partial charge in [-0.05, 0) is 0 Å². The van der Waals surface area contributed by atoms with Gasteiger partial charge in [-0.3, -0.25) is 0 Å². The van der Waals surface area contributed by atoms with Gasteiger partial charge >= 0.3 is 168 Å². The van der Waals surface area contributed by atoms with E-state index in [9.17, 15) is 5.11 Å². The summed E-state index contributed by atoms with van der Waals surface area (Å²) in [5.74, 6) is 0.248. The molecule has 0 aliphatic heterocycles. The first-order valence-electron chi connectivity index (χ1n) is 11.0. The molecule has 0 aliphatic rings. The Morgan fingerprint density at radius 1 is 0.846 bits per heavy atom. The van der Waals surface area contributed by atoms with Crippen molar-refractivity contribution in [3.05, 3.63) is 46.1 Å². The van der Waals surface area contributed by atoms with Crippen molar-refractivity contribution in [2.45, 2.75) is 92.1 Å². The maximum absolute atomic E-state index is 10.9. The zero-order chi connectivity index (χ0) is 19.3. The van der Waals surface area contributed by atoms with Crippen molar-refractivity contribution in [2.24, 2.45) is 5.92 Å². The second-order valence-electron chi connectivity index (χ2n) is 7.96. The van der Waals surface area contributed by atoms with Crippen LogP contribution < -0.4 is 0 Å². The van der Waals surface area contributed by atoms with Crippen LogP contribution in [-0.4, -0.2) is 23.5 Å². The number of benzene rings is 1. The van der Waals surface area contributed by atoms with Crippen LogP contribution in [0.1, 0.15) is 84.3 Å². The van der Waals surface area contributed by atoms with Gasteiger partial charge in [-0.25, -0.2) is 0 Å². The molecule has 0 unspecified atom stereocenters. The van der Waals surface area contributed by atoms with Gasteiger partial charge < -0.3 is 0 Å². The number of unbranched alkanes of at least 4 members (excludes halogenated alkanes) is 3. The minimum atomic E-state index is -2.25. The third-order valence-electron chi connectivity index (χ3n) is 5.80. The van der Waals surface area contributed by atoms with Crippen LogP contribution in [0.3, 0.4) is 0 Å². The van der Waals surface area contributed by atoms with Crippen LogP contribution in [0.2, 0.25) is 13.3 Å². The van der Waals surface area contributed by atoms with Gasteiger partial charge in [0.2, 0.25) is 0 Å². The second-order valence-corrected chi connectivity index (χ2v) is 21.0. The molecule has 0 aliphatic carbocycles. The van der Waals surface area contributed by atoms with E-state index in [2.05, 4.69) is 50.0 Å². The van der Waals surface area contributed by atoms with Gasteiger partial charge in [0.1, 0.15) is 0 Å². The number of aliphatic hydroxyl groups excluding tert-OH is 1. The molecule has 0 spiro atoms. The van der Waals surface area contributed by atoms with Crippen molar-refractivity contribution in [1.29, 1.82) is 0 Å². The summed E-state index contributed by atoms with van der Waals surface area (Å²) in [6.07, 6.45) is 11.2. The molecule has 1 aromatic rings. The van der Waals surface area contributed by atoms with Crippen molar-refractivity contribution in [3.63, 3.8) is 0 Å². The average Bonchev–Trinajstić information content (AvgIpc) is 2.69. The molecule has 1 aromatic carbocycles. The molecule has 0 amide bonds. The van der Waals surface area contributed by atoms with Crippen LogP contribution >= 0.6 is 0 Å². The Morgan fingerprint density at radius 3 is 1.77 bits per heavy atom. The van der Waals surface area contributed by atoms with Crippen molar-refractivity contribution in [2.75, 3.05) is 0 Å². The first kappa shape index (κ1) is 23.8. The van der Waals surface area contributed by atoms with E-state index in [1.165, 1.54) is 51.8 Å². The summed E-state index contributed by atoms with van der Waals surface area (Å²) < 4.78 is 7.22. The molecule has 0 radical (unpaired) electrons.